The summed E-state index contributed by atoms with van der Waals surface area (Å²) in [4.78, 5) is 27.0. The van der Waals surface area contributed by atoms with Gasteiger partial charge in [-0.1, -0.05) is 60.7 Å². The first-order valence-corrected chi connectivity index (χ1v) is 9.40. The Morgan fingerprint density at radius 1 is 1.00 bits per heavy atom. The highest BCUT2D eigenvalue weighted by atomic mass is 16.5. The summed E-state index contributed by atoms with van der Waals surface area (Å²) in [5.41, 5.74) is 7.52. The fourth-order valence-corrected chi connectivity index (χ4v) is 3.15. The van der Waals surface area contributed by atoms with E-state index >= 15 is 0 Å². The number of rotatable bonds is 8. The van der Waals surface area contributed by atoms with E-state index < -0.39 is 36.1 Å². The molecular weight excluding hydrogens is 356 g/mol. The number of amides is 1. The van der Waals surface area contributed by atoms with Gasteiger partial charge in [-0.25, -0.2) is 4.79 Å². The summed E-state index contributed by atoms with van der Waals surface area (Å²) in [6.45, 7) is 5.35. The largest absolute Gasteiger partial charge is 0.464 e. The van der Waals surface area contributed by atoms with Crippen molar-refractivity contribution in [1.29, 1.82) is 0 Å². The number of carbonyl (C=O) groups is 2. The summed E-state index contributed by atoms with van der Waals surface area (Å²) < 4.78 is 5.11. The van der Waals surface area contributed by atoms with E-state index in [1.165, 1.54) is 4.90 Å². The standard InChI is InChI=1S/C22H28N2O4/c1-4-28-22(27)16(3)24(15(2)17-11-7-5-8-12-17)21(26)19(23)20(25)18-13-9-6-10-14-18/h5-16,19-20,25H,4,23H2,1-3H3/t15-,16+,19-,20+/m0/s1. The first-order valence-electron chi connectivity index (χ1n) is 9.40. The highest BCUT2D eigenvalue weighted by Gasteiger charge is 2.37. The number of benzene rings is 2. The number of hydrogen-bond donors (Lipinski definition) is 2. The second-order valence-electron chi connectivity index (χ2n) is 6.64. The van der Waals surface area contributed by atoms with E-state index in [4.69, 9.17) is 10.5 Å². The fourth-order valence-electron chi connectivity index (χ4n) is 3.15. The van der Waals surface area contributed by atoms with Crippen LogP contribution >= 0.6 is 0 Å². The molecule has 0 saturated carbocycles. The molecule has 0 radical (unpaired) electrons. The first kappa shape index (κ1) is 21.6. The van der Waals surface area contributed by atoms with Gasteiger partial charge in [-0.15, -0.1) is 0 Å². The van der Waals surface area contributed by atoms with Gasteiger partial charge in [0, 0.05) is 0 Å². The summed E-state index contributed by atoms with van der Waals surface area (Å²) in [5, 5.41) is 10.6. The van der Waals surface area contributed by atoms with E-state index in [9.17, 15) is 14.7 Å². The number of hydrogen-bond acceptors (Lipinski definition) is 5. The van der Waals surface area contributed by atoms with E-state index in [0.29, 0.717) is 5.56 Å². The Morgan fingerprint density at radius 2 is 1.50 bits per heavy atom. The van der Waals surface area contributed by atoms with Gasteiger partial charge in [-0.2, -0.15) is 0 Å². The van der Waals surface area contributed by atoms with Crippen molar-refractivity contribution in [2.45, 2.75) is 45.0 Å². The van der Waals surface area contributed by atoms with Gasteiger partial charge in [0.15, 0.2) is 0 Å². The van der Waals surface area contributed by atoms with E-state index in [-0.39, 0.29) is 6.61 Å². The smallest absolute Gasteiger partial charge is 0.328 e. The molecule has 3 N–H and O–H groups in total. The Hall–Kier alpha value is -2.70. The molecule has 150 valence electrons. The topological polar surface area (TPSA) is 92.9 Å². The molecule has 0 spiro atoms. The van der Waals surface area contributed by atoms with Crippen molar-refractivity contribution in [2.24, 2.45) is 5.73 Å². The average molecular weight is 384 g/mol. The minimum atomic E-state index is -1.22. The second kappa shape index (κ2) is 10.0. The number of aliphatic hydroxyl groups excluding tert-OH is 1. The van der Waals surface area contributed by atoms with Crippen molar-refractivity contribution in [3.63, 3.8) is 0 Å². The minimum absolute atomic E-state index is 0.212. The molecule has 0 aliphatic heterocycles. The molecule has 0 saturated heterocycles. The van der Waals surface area contributed by atoms with Crippen molar-refractivity contribution in [2.75, 3.05) is 6.61 Å². The third kappa shape index (κ3) is 4.97. The zero-order valence-electron chi connectivity index (χ0n) is 16.5. The van der Waals surface area contributed by atoms with Crippen LogP contribution in [0.25, 0.3) is 0 Å². The van der Waals surface area contributed by atoms with Crippen LogP contribution in [0.5, 0.6) is 0 Å². The molecule has 2 aromatic carbocycles. The molecule has 28 heavy (non-hydrogen) atoms. The predicted octanol–water partition coefficient (Wildman–Crippen LogP) is 2.59. The summed E-state index contributed by atoms with van der Waals surface area (Å²) in [5.74, 6) is -1.03. The normalized spacial score (nSPS) is 15.2. The maximum absolute atomic E-state index is 13.3. The molecule has 2 aromatic rings. The summed E-state index contributed by atoms with van der Waals surface area (Å²) in [6.07, 6.45) is -1.19. The summed E-state index contributed by atoms with van der Waals surface area (Å²) in [6, 6.07) is 15.6. The van der Waals surface area contributed by atoms with Crippen LogP contribution in [0.1, 0.15) is 44.0 Å². The van der Waals surface area contributed by atoms with Crippen LogP contribution in [0, 0.1) is 0 Å². The predicted molar refractivity (Wildman–Crippen MR) is 107 cm³/mol. The molecule has 6 heteroatoms. The first-order chi connectivity index (χ1) is 13.4. The Balaban J connectivity index is 2.34. The molecule has 0 aromatic heterocycles. The number of aliphatic hydroxyl groups is 1. The molecule has 0 unspecified atom stereocenters. The van der Waals surface area contributed by atoms with Gasteiger partial charge in [0.1, 0.15) is 18.2 Å². The van der Waals surface area contributed by atoms with Crippen LogP contribution in [0.15, 0.2) is 60.7 Å². The van der Waals surface area contributed by atoms with Crippen molar-refractivity contribution in [3.8, 4) is 0 Å². The Labute approximate surface area is 165 Å². The molecule has 0 bridgehead atoms. The van der Waals surface area contributed by atoms with E-state index in [1.54, 1.807) is 38.1 Å². The fraction of sp³-hybridized carbons (Fsp3) is 0.364. The van der Waals surface area contributed by atoms with Crippen LogP contribution in [0.4, 0.5) is 0 Å². The second-order valence-corrected chi connectivity index (χ2v) is 6.64. The van der Waals surface area contributed by atoms with Gasteiger partial charge in [0.05, 0.1) is 12.6 Å². The monoisotopic (exact) mass is 384 g/mol. The van der Waals surface area contributed by atoms with Crippen molar-refractivity contribution >= 4 is 11.9 Å². The minimum Gasteiger partial charge on any atom is -0.464 e. The number of ether oxygens (including phenoxy) is 1. The lowest BCUT2D eigenvalue weighted by molar-refractivity contribution is -0.157. The van der Waals surface area contributed by atoms with Crippen molar-refractivity contribution < 1.29 is 19.4 Å². The molecule has 1 amide bonds. The van der Waals surface area contributed by atoms with Crippen molar-refractivity contribution in [3.05, 3.63) is 71.8 Å². The van der Waals surface area contributed by atoms with Gasteiger partial charge in [-0.05, 0) is 31.9 Å². The molecule has 0 heterocycles. The number of nitrogens with two attached hydrogens (primary N) is 1. The summed E-state index contributed by atoms with van der Waals surface area (Å²) in [7, 11) is 0. The Bertz CT molecular complexity index is 767. The maximum atomic E-state index is 13.3. The molecular formula is C22H28N2O4. The number of esters is 1. The lowest BCUT2D eigenvalue weighted by atomic mass is 9.98. The highest BCUT2D eigenvalue weighted by Crippen LogP contribution is 2.26. The van der Waals surface area contributed by atoms with Gasteiger partial charge < -0.3 is 20.5 Å². The molecule has 0 aliphatic carbocycles. The van der Waals surface area contributed by atoms with E-state index in [2.05, 4.69) is 0 Å². The summed E-state index contributed by atoms with van der Waals surface area (Å²) >= 11 is 0. The van der Waals surface area contributed by atoms with E-state index in [1.807, 2.05) is 43.3 Å². The molecule has 0 aliphatic rings. The van der Waals surface area contributed by atoms with Crippen LogP contribution < -0.4 is 5.73 Å². The van der Waals surface area contributed by atoms with Crippen LogP contribution in [-0.2, 0) is 14.3 Å². The zero-order valence-corrected chi connectivity index (χ0v) is 16.5. The molecule has 0 fully saturated rings. The molecule has 6 nitrogen and oxygen atoms in total. The van der Waals surface area contributed by atoms with Crippen LogP contribution in [0.2, 0.25) is 0 Å². The van der Waals surface area contributed by atoms with Gasteiger partial charge >= 0.3 is 5.97 Å². The average Bonchev–Trinajstić information content (AvgIpc) is 2.73. The quantitative estimate of drug-likeness (QED) is 0.683. The molecule has 4 atom stereocenters. The van der Waals surface area contributed by atoms with Gasteiger partial charge in [0.25, 0.3) is 0 Å². The lowest BCUT2D eigenvalue weighted by Crippen LogP contribution is -2.53. The van der Waals surface area contributed by atoms with Gasteiger partial charge in [-0.3, -0.25) is 4.79 Å². The Kier molecular flexibility index (Phi) is 7.72. The Morgan fingerprint density at radius 3 is 2.00 bits per heavy atom. The SMILES string of the molecule is CCOC(=O)[C@@H](C)N(C(=O)[C@@H](N)[C@H](O)c1ccccc1)[C@@H](C)c1ccccc1. The number of carbonyl (C=O) groups excluding carboxylic acids is 2. The number of nitrogens with zero attached hydrogens (tertiary/aromatic N) is 1. The maximum Gasteiger partial charge on any atom is 0.328 e. The van der Waals surface area contributed by atoms with Crippen molar-refractivity contribution in [1.82, 2.24) is 4.90 Å². The van der Waals surface area contributed by atoms with Crippen LogP contribution in [-0.4, -0.2) is 40.6 Å². The highest BCUT2D eigenvalue weighted by molar-refractivity contribution is 5.88. The third-order valence-electron chi connectivity index (χ3n) is 4.77. The molecule has 2 rings (SSSR count). The van der Waals surface area contributed by atoms with Crippen LogP contribution in [0.3, 0.4) is 0 Å². The van der Waals surface area contributed by atoms with E-state index in [0.717, 1.165) is 5.56 Å². The zero-order chi connectivity index (χ0) is 20.7. The third-order valence-corrected chi connectivity index (χ3v) is 4.77. The van der Waals surface area contributed by atoms with Gasteiger partial charge in [0.2, 0.25) is 5.91 Å². The lowest BCUT2D eigenvalue weighted by Gasteiger charge is -2.36.